The van der Waals surface area contributed by atoms with Gasteiger partial charge in [0.25, 0.3) is 5.69 Å². The van der Waals surface area contributed by atoms with Gasteiger partial charge in [0, 0.05) is 12.5 Å². The van der Waals surface area contributed by atoms with Gasteiger partial charge >= 0.3 is 6.18 Å². The minimum Gasteiger partial charge on any atom is -0.495 e. The number of nitro groups is 1. The molecule has 11 heteroatoms. The van der Waals surface area contributed by atoms with Gasteiger partial charge in [-0.25, -0.2) is 0 Å². The number of amides is 1. The number of anilines is 1. The lowest BCUT2D eigenvalue weighted by Crippen LogP contribution is -2.30. The first kappa shape index (κ1) is 21.3. The Morgan fingerprint density at radius 1 is 1.25 bits per heavy atom. The van der Waals surface area contributed by atoms with Crippen molar-refractivity contribution in [2.75, 3.05) is 12.5 Å². The van der Waals surface area contributed by atoms with Gasteiger partial charge in [-0.15, -0.1) is 0 Å². The molecule has 2 aromatic carbocycles. The summed E-state index contributed by atoms with van der Waals surface area (Å²) in [4.78, 5) is 22.0. The van der Waals surface area contributed by atoms with E-state index in [2.05, 4.69) is 10.9 Å². The van der Waals surface area contributed by atoms with Gasteiger partial charge in [-0.3, -0.25) is 25.8 Å². The number of hydrazine groups is 1. The molecular formula is C17H15ClF3N3O4. The molecule has 0 aliphatic carbocycles. The van der Waals surface area contributed by atoms with Gasteiger partial charge < -0.3 is 4.74 Å². The predicted molar refractivity (Wildman–Crippen MR) is 96.2 cm³/mol. The minimum absolute atomic E-state index is 0.0179. The highest BCUT2D eigenvalue weighted by atomic mass is 35.5. The number of hydrogen-bond donors (Lipinski definition) is 2. The lowest BCUT2D eigenvalue weighted by Gasteiger charge is -2.11. The summed E-state index contributed by atoms with van der Waals surface area (Å²) in [6.45, 7) is 0. The molecule has 0 fully saturated rings. The standard InChI is InChI=1S/C17H15ClF3N3O4/c1-28-15-6-2-10(8-12(15)18)3-7-16(25)23-22-13-5-4-11(17(19,20)21)9-14(13)24(26)27/h2,4-6,8-9,22H,3,7H2,1H3,(H,23,25). The van der Waals surface area contributed by atoms with Gasteiger partial charge in [0.2, 0.25) is 5.91 Å². The van der Waals surface area contributed by atoms with Gasteiger partial charge in [-0.05, 0) is 36.2 Å². The number of methoxy groups -OCH3 is 1. The van der Waals surface area contributed by atoms with Crippen LogP contribution in [0.25, 0.3) is 0 Å². The third-order valence-corrected chi connectivity index (χ3v) is 4.01. The Kier molecular flexibility index (Phi) is 6.68. The maximum absolute atomic E-state index is 12.7. The van der Waals surface area contributed by atoms with Crippen LogP contribution in [-0.4, -0.2) is 17.9 Å². The molecular weight excluding hydrogens is 403 g/mol. The number of carbonyl (C=O) groups is 1. The molecule has 0 saturated heterocycles. The number of hydrogen-bond acceptors (Lipinski definition) is 5. The molecule has 0 atom stereocenters. The zero-order valence-corrected chi connectivity index (χ0v) is 15.2. The molecule has 2 rings (SSSR count). The van der Waals surface area contributed by atoms with Crippen molar-refractivity contribution in [3.63, 3.8) is 0 Å². The summed E-state index contributed by atoms with van der Waals surface area (Å²) in [6, 6.07) is 6.98. The summed E-state index contributed by atoms with van der Waals surface area (Å²) in [5.74, 6) is -0.0210. The normalized spacial score (nSPS) is 11.0. The first-order valence-electron chi connectivity index (χ1n) is 7.84. The van der Waals surface area contributed by atoms with E-state index in [1.165, 1.54) is 7.11 Å². The molecule has 0 spiro atoms. The maximum atomic E-state index is 12.7. The average molecular weight is 418 g/mol. The Hall–Kier alpha value is -3.01. The van der Waals surface area contributed by atoms with Crippen molar-refractivity contribution in [2.45, 2.75) is 19.0 Å². The van der Waals surface area contributed by atoms with Crippen LogP contribution in [-0.2, 0) is 17.4 Å². The summed E-state index contributed by atoms with van der Waals surface area (Å²) in [7, 11) is 1.47. The molecule has 150 valence electrons. The fourth-order valence-corrected chi connectivity index (χ4v) is 2.57. The summed E-state index contributed by atoms with van der Waals surface area (Å²) >= 11 is 6.00. The Balaban J connectivity index is 1.98. The van der Waals surface area contributed by atoms with Gasteiger partial charge in [-0.2, -0.15) is 13.2 Å². The molecule has 0 unspecified atom stereocenters. The van der Waals surface area contributed by atoms with Crippen LogP contribution in [0.4, 0.5) is 24.5 Å². The van der Waals surface area contributed by atoms with E-state index in [4.69, 9.17) is 16.3 Å². The summed E-state index contributed by atoms with van der Waals surface area (Å²) in [5, 5.41) is 11.4. The fraction of sp³-hybridized carbons (Fsp3) is 0.235. The monoisotopic (exact) mass is 417 g/mol. The highest BCUT2D eigenvalue weighted by Crippen LogP contribution is 2.34. The molecule has 0 bridgehead atoms. The molecule has 2 N–H and O–H groups in total. The Morgan fingerprint density at radius 3 is 2.54 bits per heavy atom. The lowest BCUT2D eigenvalue weighted by molar-refractivity contribution is -0.384. The van der Waals surface area contributed by atoms with Crippen LogP contribution in [0.2, 0.25) is 5.02 Å². The lowest BCUT2D eigenvalue weighted by atomic mass is 10.1. The van der Waals surface area contributed by atoms with E-state index in [9.17, 15) is 28.1 Å². The largest absolute Gasteiger partial charge is 0.495 e. The number of alkyl halides is 3. The number of halogens is 4. The first-order valence-corrected chi connectivity index (χ1v) is 8.22. The molecule has 1 amide bonds. The molecule has 0 radical (unpaired) electrons. The summed E-state index contributed by atoms with van der Waals surface area (Å²) in [6.07, 6.45) is -4.37. The highest BCUT2D eigenvalue weighted by Gasteiger charge is 2.33. The Bertz CT molecular complexity index is 890. The van der Waals surface area contributed by atoms with Crippen molar-refractivity contribution < 1.29 is 27.6 Å². The number of aryl methyl sites for hydroxylation is 1. The first-order chi connectivity index (χ1) is 13.1. The van der Waals surface area contributed by atoms with Crippen molar-refractivity contribution >= 4 is 28.9 Å². The quantitative estimate of drug-likeness (QED) is 0.516. The number of nitro benzene ring substituents is 1. The second kappa shape index (κ2) is 8.79. The van der Waals surface area contributed by atoms with Crippen LogP contribution in [0.15, 0.2) is 36.4 Å². The van der Waals surface area contributed by atoms with E-state index >= 15 is 0 Å². The van der Waals surface area contributed by atoms with Crippen LogP contribution in [0, 0.1) is 10.1 Å². The molecule has 0 aliphatic heterocycles. The van der Waals surface area contributed by atoms with E-state index in [-0.39, 0.29) is 12.1 Å². The molecule has 2 aromatic rings. The van der Waals surface area contributed by atoms with Crippen molar-refractivity contribution in [3.8, 4) is 5.75 Å². The van der Waals surface area contributed by atoms with Crippen molar-refractivity contribution in [3.05, 3.63) is 62.7 Å². The average Bonchev–Trinajstić information content (AvgIpc) is 2.63. The predicted octanol–water partition coefficient (Wildman–Crippen LogP) is 4.35. The third kappa shape index (κ3) is 5.49. The second-order valence-corrected chi connectivity index (χ2v) is 6.04. The summed E-state index contributed by atoms with van der Waals surface area (Å²) < 4.78 is 43.1. The molecule has 0 saturated carbocycles. The topological polar surface area (TPSA) is 93.5 Å². The van der Waals surface area contributed by atoms with Gasteiger partial charge in [-0.1, -0.05) is 17.7 Å². The number of nitrogens with zero attached hydrogens (tertiary/aromatic N) is 1. The van der Waals surface area contributed by atoms with E-state index in [0.29, 0.717) is 29.3 Å². The Labute approximate surface area is 162 Å². The number of benzene rings is 2. The zero-order chi connectivity index (χ0) is 20.9. The minimum atomic E-state index is -4.72. The molecule has 28 heavy (non-hydrogen) atoms. The van der Waals surface area contributed by atoms with E-state index in [0.717, 1.165) is 11.6 Å². The van der Waals surface area contributed by atoms with Gasteiger partial charge in [0.15, 0.2) is 0 Å². The summed E-state index contributed by atoms with van der Waals surface area (Å²) in [5.41, 5.74) is 3.04. The fourth-order valence-electron chi connectivity index (χ4n) is 2.29. The Morgan fingerprint density at radius 2 is 1.96 bits per heavy atom. The van der Waals surface area contributed by atoms with Crippen LogP contribution in [0.3, 0.4) is 0 Å². The van der Waals surface area contributed by atoms with E-state index in [1.807, 2.05) is 0 Å². The van der Waals surface area contributed by atoms with Crippen LogP contribution >= 0.6 is 11.6 Å². The van der Waals surface area contributed by atoms with E-state index in [1.54, 1.807) is 18.2 Å². The van der Waals surface area contributed by atoms with Gasteiger partial charge in [0.1, 0.15) is 11.4 Å². The van der Waals surface area contributed by atoms with E-state index < -0.39 is 28.3 Å². The van der Waals surface area contributed by atoms with Crippen molar-refractivity contribution in [1.29, 1.82) is 0 Å². The van der Waals surface area contributed by atoms with Crippen LogP contribution in [0.5, 0.6) is 5.75 Å². The molecule has 7 nitrogen and oxygen atoms in total. The molecule has 0 heterocycles. The van der Waals surface area contributed by atoms with Crippen LogP contribution < -0.4 is 15.6 Å². The van der Waals surface area contributed by atoms with Crippen molar-refractivity contribution in [1.82, 2.24) is 5.43 Å². The number of carbonyl (C=O) groups excluding carboxylic acids is 1. The molecule has 0 aliphatic rings. The number of ether oxygens (including phenoxy) is 1. The SMILES string of the molecule is COc1ccc(CCC(=O)NNc2ccc(C(F)(F)F)cc2[N+](=O)[O-])cc1Cl. The second-order valence-electron chi connectivity index (χ2n) is 5.63. The highest BCUT2D eigenvalue weighted by molar-refractivity contribution is 6.32. The number of rotatable bonds is 7. The number of nitrogens with one attached hydrogen (secondary N) is 2. The van der Waals surface area contributed by atoms with Crippen molar-refractivity contribution in [2.24, 2.45) is 0 Å². The smallest absolute Gasteiger partial charge is 0.416 e. The van der Waals surface area contributed by atoms with Gasteiger partial charge in [0.05, 0.1) is 22.6 Å². The van der Waals surface area contributed by atoms with Crippen LogP contribution in [0.1, 0.15) is 17.5 Å². The zero-order valence-electron chi connectivity index (χ0n) is 14.5. The third-order valence-electron chi connectivity index (χ3n) is 3.72. The molecule has 0 aromatic heterocycles. The maximum Gasteiger partial charge on any atom is 0.416 e.